The van der Waals surface area contributed by atoms with Crippen LogP contribution in [0.15, 0.2) is 23.3 Å². The smallest absolute Gasteiger partial charge is 0.333 e. The second kappa shape index (κ2) is 11.3. The van der Waals surface area contributed by atoms with Crippen LogP contribution in [0.4, 0.5) is 0 Å². The molecule has 4 nitrogen and oxygen atoms in total. The zero-order chi connectivity index (χ0) is 15.4. The number of rotatable bonds is 9. The van der Waals surface area contributed by atoms with Crippen LogP contribution in [-0.4, -0.2) is 25.2 Å². The van der Waals surface area contributed by atoms with Crippen LogP contribution in [0.1, 0.15) is 53.4 Å². The molecule has 0 aromatic rings. The van der Waals surface area contributed by atoms with Crippen LogP contribution < -0.4 is 0 Å². The maximum Gasteiger partial charge on any atom is 0.333 e. The normalized spacial score (nSPS) is 12.2. The molecule has 0 N–H and O–H groups in total. The lowest BCUT2D eigenvalue weighted by Gasteiger charge is -2.04. The van der Waals surface area contributed by atoms with Gasteiger partial charge in [0.25, 0.3) is 0 Å². The molecule has 0 aromatic carbocycles. The summed E-state index contributed by atoms with van der Waals surface area (Å²) in [6.07, 6.45) is 6.86. The van der Waals surface area contributed by atoms with Gasteiger partial charge in [-0.1, -0.05) is 38.8 Å². The van der Waals surface area contributed by atoms with Gasteiger partial charge in [0.15, 0.2) is 0 Å². The van der Waals surface area contributed by atoms with Crippen molar-refractivity contribution in [3.05, 3.63) is 23.3 Å². The second-order valence-corrected chi connectivity index (χ2v) is 4.68. The summed E-state index contributed by atoms with van der Waals surface area (Å²) in [4.78, 5) is 23.2. The average molecular weight is 282 g/mol. The summed E-state index contributed by atoms with van der Waals surface area (Å²) in [6, 6.07) is 0. The molecular formula is C16H26O4. The summed E-state index contributed by atoms with van der Waals surface area (Å²) < 4.78 is 10.1. The zero-order valence-corrected chi connectivity index (χ0v) is 13.0. The zero-order valence-electron chi connectivity index (χ0n) is 13.0. The molecule has 0 radical (unpaired) electrons. The molecule has 0 rings (SSSR count). The first-order valence-electron chi connectivity index (χ1n) is 7.22. The van der Waals surface area contributed by atoms with Gasteiger partial charge in [-0.2, -0.15) is 0 Å². The predicted molar refractivity (Wildman–Crippen MR) is 79.2 cm³/mol. The molecular weight excluding hydrogens is 256 g/mol. The van der Waals surface area contributed by atoms with E-state index in [2.05, 4.69) is 0 Å². The van der Waals surface area contributed by atoms with Crippen LogP contribution in [0.25, 0.3) is 0 Å². The number of ether oxygens (including phenoxy) is 2. The standard InChI is InChI=1S/C16H26O4/c1-5-7-11-19-15(17)13(3)9-10-14(4)16(18)20-12-8-6-2/h9-10H,5-8,11-12H2,1-4H3/b13-9+,14-10+. The topological polar surface area (TPSA) is 52.6 Å². The van der Waals surface area contributed by atoms with Gasteiger partial charge in [0.1, 0.15) is 0 Å². The third kappa shape index (κ3) is 8.51. The van der Waals surface area contributed by atoms with Crippen molar-refractivity contribution < 1.29 is 19.1 Å². The highest BCUT2D eigenvalue weighted by Crippen LogP contribution is 2.03. The van der Waals surface area contributed by atoms with Crippen LogP contribution >= 0.6 is 0 Å². The van der Waals surface area contributed by atoms with Crippen molar-refractivity contribution in [3.8, 4) is 0 Å². The van der Waals surface area contributed by atoms with Crippen LogP contribution in [0, 0.1) is 0 Å². The summed E-state index contributed by atoms with van der Waals surface area (Å²) in [5.41, 5.74) is 0.948. The van der Waals surface area contributed by atoms with Crippen molar-refractivity contribution in [2.75, 3.05) is 13.2 Å². The number of hydrogen-bond acceptors (Lipinski definition) is 4. The lowest BCUT2D eigenvalue weighted by Crippen LogP contribution is -2.08. The van der Waals surface area contributed by atoms with Gasteiger partial charge in [0.2, 0.25) is 0 Å². The van der Waals surface area contributed by atoms with Gasteiger partial charge in [0, 0.05) is 11.1 Å². The van der Waals surface area contributed by atoms with Crippen molar-refractivity contribution in [2.45, 2.75) is 53.4 Å². The number of esters is 2. The number of hydrogen-bond donors (Lipinski definition) is 0. The summed E-state index contributed by atoms with van der Waals surface area (Å²) in [6.45, 7) is 8.27. The van der Waals surface area contributed by atoms with Gasteiger partial charge in [-0.05, 0) is 26.7 Å². The van der Waals surface area contributed by atoms with Gasteiger partial charge in [-0.15, -0.1) is 0 Å². The average Bonchev–Trinajstić information content (AvgIpc) is 2.44. The summed E-state index contributed by atoms with van der Waals surface area (Å²) >= 11 is 0. The Balaban J connectivity index is 4.30. The molecule has 0 saturated carbocycles. The van der Waals surface area contributed by atoms with Gasteiger partial charge in [-0.3, -0.25) is 0 Å². The van der Waals surface area contributed by atoms with Crippen LogP contribution in [0.2, 0.25) is 0 Å². The first-order valence-corrected chi connectivity index (χ1v) is 7.22. The molecule has 0 saturated heterocycles. The largest absolute Gasteiger partial charge is 0.462 e. The number of unbranched alkanes of at least 4 members (excludes halogenated alkanes) is 2. The molecule has 0 aliphatic carbocycles. The Labute approximate surface area is 121 Å². The molecule has 0 bridgehead atoms. The van der Waals surface area contributed by atoms with E-state index < -0.39 is 0 Å². The highest BCUT2D eigenvalue weighted by Gasteiger charge is 2.06. The van der Waals surface area contributed by atoms with Crippen molar-refractivity contribution in [1.82, 2.24) is 0 Å². The Hall–Kier alpha value is -1.58. The van der Waals surface area contributed by atoms with E-state index >= 15 is 0 Å². The Bertz CT molecular complexity index is 331. The fraction of sp³-hybridized carbons (Fsp3) is 0.625. The van der Waals surface area contributed by atoms with E-state index in [-0.39, 0.29) is 11.9 Å². The monoisotopic (exact) mass is 282 g/mol. The highest BCUT2D eigenvalue weighted by atomic mass is 16.5. The maximum atomic E-state index is 11.6. The lowest BCUT2D eigenvalue weighted by atomic mass is 10.2. The number of carbonyl (C=O) groups is 2. The van der Waals surface area contributed by atoms with Crippen LogP contribution in [0.5, 0.6) is 0 Å². The molecule has 114 valence electrons. The number of allylic oxidation sites excluding steroid dienone is 2. The van der Waals surface area contributed by atoms with Crippen LogP contribution in [0.3, 0.4) is 0 Å². The van der Waals surface area contributed by atoms with Gasteiger partial charge in [-0.25, -0.2) is 9.59 Å². The second-order valence-electron chi connectivity index (χ2n) is 4.68. The van der Waals surface area contributed by atoms with Gasteiger partial charge >= 0.3 is 11.9 Å². The Morgan fingerprint density at radius 2 is 1.15 bits per heavy atom. The third-order valence-corrected chi connectivity index (χ3v) is 2.69. The molecule has 20 heavy (non-hydrogen) atoms. The molecule has 0 fully saturated rings. The van der Waals surface area contributed by atoms with E-state index in [1.165, 1.54) is 0 Å². The molecule has 0 unspecified atom stereocenters. The Morgan fingerprint density at radius 1 is 0.800 bits per heavy atom. The van der Waals surface area contributed by atoms with E-state index in [0.717, 1.165) is 25.7 Å². The van der Waals surface area contributed by atoms with Gasteiger partial charge in [0.05, 0.1) is 13.2 Å². The van der Waals surface area contributed by atoms with E-state index in [9.17, 15) is 9.59 Å². The molecule has 0 aliphatic heterocycles. The summed E-state index contributed by atoms with van der Waals surface area (Å²) in [7, 11) is 0. The predicted octanol–water partition coefficient (Wildman–Crippen LogP) is 3.57. The fourth-order valence-corrected chi connectivity index (χ4v) is 1.23. The van der Waals surface area contributed by atoms with Crippen molar-refractivity contribution in [1.29, 1.82) is 0 Å². The van der Waals surface area contributed by atoms with Crippen molar-refractivity contribution >= 4 is 11.9 Å². The molecule has 0 aromatic heterocycles. The molecule has 0 amide bonds. The van der Waals surface area contributed by atoms with Gasteiger partial charge < -0.3 is 9.47 Å². The molecule has 0 aliphatic rings. The summed E-state index contributed by atoms with van der Waals surface area (Å²) in [5.74, 6) is -0.691. The minimum absolute atomic E-state index is 0.346. The molecule has 0 atom stereocenters. The van der Waals surface area contributed by atoms with Crippen molar-refractivity contribution in [3.63, 3.8) is 0 Å². The SMILES string of the molecule is CCCCOC(=O)/C(C)=C/C=C(\C)C(=O)OCCCC. The first-order chi connectivity index (χ1) is 9.52. The number of carbonyl (C=O) groups excluding carboxylic acids is 2. The van der Waals surface area contributed by atoms with E-state index in [4.69, 9.17) is 9.47 Å². The fourth-order valence-electron chi connectivity index (χ4n) is 1.23. The van der Waals surface area contributed by atoms with Crippen molar-refractivity contribution in [2.24, 2.45) is 0 Å². The third-order valence-electron chi connectivity index (χ3n) is 2.69. The Kier molecular flexibility index (Phi) is 10.4. The highest BCUT2D eigenvalue weighted by molar-refractivity contribution is 5.90. The van der Waals surface area contributed by atoms with E-state index in [1.807, 2.05) is 13.8 Å². The Morgan fingerprint density at radius 3 is 1.45 bits per heavy atom. The summed E-state index contributed by atoms with van der Waals surface area (Å²) in [5, 5.41) is 0. The van der Waals surface area contributed by atoms with E-state index in [0.29, 0.717) is 24.4 Å². The molecule has 0 heterocycles. The van der Waals surface area contributed by atoms with E-state index in [1.54, 1.807) is 26.0 Å². The first kappa shape index (κ1) is 18.4. The lowest BCUT2D eigenvalue weighted by molar-refractivity contribution is -0.140. The minimum Gasteiger partial charge on any atom is -0.462 e. The molecule has 0 spiro atoms. The molecule has 4 heteroatoms. The quantitative estimate of drug-likeness (QED) is 0.281. The minimum atomic E-state index is -0.346. The van der Waals surface area contributed by atoms with Crippen LogP contribution in [-0.2, 0) is 19.1 Å². The maximum absolute atomic E-state index is 11.6.